The highest BCUT2D eigenvalue weighted by molar-refractivity contribution is 5.76. The van der Waals surface area contributed by atoms with Crippen molar-refractivity contribution < 1.29 is 9.53 Å². The Labute approximate surface area is 128 Å². The largest absolute Gasteiger partial charge is 0.494 e. The maximum atomic E-state index is 12.0. The Hall–Kier alpha value is -1.51. The van der Waals surface area contributed by atoms with Gasteiger partial charge in [0, 0.05) is 12.5 Å². The standard InChI is InChI=1S/C18H27NO2/c1-2-21-17-12-9-15(10-13-17)11-14-18(20)19-16-7-5-3-4-6-8-16/h9-10,12-13,16H,2-8,11,14H2,1H3,(H,19,20). The smallest absolute Gasteiger partial charge is 0.220 e. The maximum absolute atomic E-state index is 12.0. The highest BCUT2D eigenvalue weighted by atomic mass is 16.5. The molecule has 116 valence electrons. The van der Waals surface area contributed by atoms with E-state index in [1.807, 2.05) is 31.2 Å². The van der Waals surface area contributed by atoms with Gasteiger partial charge in [0.15, 0.2) is 0 Å². The van der Waals surface area contributed by atoms with Gasteiger partial charge in [0.1, 0.15) is 5.75 Å². The summed E-state index contributed by atoms with van der Waals surface area (Å²) in [5.41, 5.74) is 1.19. The van der Waals surface area contributed by atoms with Crippen molar-refractivity contribution in [3.05, 3.63) is 29.8 Å². The van der Waals surface area contributed by atoms with Crippen molar-refractivity contribution in [2.75, 3.05) is 6.61 Å². The number of rotatable bonds is 6. The molecule has 0 atom stereocenters. The molecule has 1 N–H and O–H groups in total. The fourth-order valence-electron chi connectivity index (χ4n) is 2.90. The van der Waals surface area contributed by atoms with Crippen LogP contribution in [0.1, 0.15) is 57.4 Å². The van der Waals surface area contributed by atoms with Gasteiger partial charge in [-0.3, -0.25) is 4.79 Å². The maximum Gasteiger partial charge on any atom is 0.220 e. The highest BCUT2D eigenvalue weighted by Gasteiger charge is 2.14. The minimum Gasteiger partial charge on any atom is -0.494 e. The van der Waals surface area contributed by atoms with Crippen molar-refractivity contribution in [3.8, 4) is 5.75 Å². The van der Waals surface area contributed by atoms with Crippen LogP contribution in [0.5, 0.6) is 5.75 Å². The molecule has 1 aliphatic rings. The number of nitrogens with one attached hydrogen (secondary N) is 1. The Bertz CT molecular complexity index is 419. The fourth-order valence-corrected chi connectivity index (χ4v) is 2.90. The molecule has 1 aliphatic carbocycles. The molecule has 0 unspecified atom stereocenters. The first-order valence-corrected chi connectivity index (χ1v) is 8.29. The van der Waals surface area contributed by atoms with E-state index in [9.17, 15) is 4.79 Å². The van der Waals surface area contributed by atoms with Crippen LogP contribution in [0.2, 0.25) is 0 Å². The average molecular weight is 289 g/mol. The number of benzene rings is 1. The van der Waals surface area contributed by atoms with Crippen LogP contribution in [-0.2, 0) is 11.2 Å². The van der Waals surface area contributed by atoms with Crippen LogP contribution in [0.15, 0.2) is 24.3 Å². The Morgan fingerprint density at radius 3 is 2.43 bits per heavy atom. The van der Waals surface area contributed by atoms with Gasteiger partial charge in [-0.15, -0.1) is 0 Å². The van der Waals surface area contributed by atoms with Crippen molar-refractivity contribution in [3.63, 3.8) is 0 Å². The predicted octanol–water partition coefficient (Wildman–Crippen LogP) is 3.86. The van der Waals surface area contributed by atoms with Crippen molar-refractivity contribution in [1.82, 2.24) is 5.32 Å². The van der Waals surface area contributed by atoms with E-state index in [0.717, 1.165) is 25.0 Å². The summed E-state index contributed by atoms with van der Waals surface area (Å²) < 4.78 is 5.42. The van der Waals surface area contributed by atoms with Crippen molar-refractivity contribution in [2.45, 2.75) is 64.3 Å². The van der Waals surface area contributed by atoms with Crippen LogP contribution in [-0.4, -0.2) is 18.6 Å². The van der Waals surface area contributed by atoms with E-state index in [1.54, 1.807) is 0 Å². The highest BCUT2D eigenvalue weighted by Crippen LogP contribution is 2.17. The lowest BCUT2D eigenvalue weighted by atomic mass is 10.1. The summed E-state index contributed by atoms with van der Waals surface area (Å²) in [7, 11) is 0. The monoisotopic (exact) mass is 289 g/mol. The summed E-state index contributed by atoms with van der Waals surface area (Å²) in [6.07, 6.45) is 8.81. The molecule has 0 aliphatic heterocycles. The Morgan fingerprint density at radius 2 is 1.81 bits per heavy atom. The lowest BCUT2D eigenvalue weighted by Gasteiger charge is -2.16. The van der Waals surface area contributed by atoms with Gasteiger partial charge in [-0.2, -0.15) is 0 Å². The second kappa shape index (κ2) is 8.71. The minimum atomic E-state index is 0.191. The Kier molecular flexibility index (Phi) is 6.58. The molecule has 21 heavy (non-hydrogen) atoms. The van der Waals surface area contributed by atoms with Crippen molar-refractivity contribution >= 4 is 5.91 Å². The van der Waals surface area contributed by atoms with Crippen LogP contribution in [0.3, 0.4) is 0 Å². The van der Waals surface area contributed by atoms with E-state index in [1.165, 1.54) is 31.2 Å². The summed E-state index contributed by atoms with van der Waals surface area (Å²) in [5.74, 6) is 1.08. The second-order valence-corrected chi connectivity index (χ2v) is 5.83. The molecule has 2 rings (SSSR count). The van der Waals surface area contributed by atoms with Gasteiger partial charge in [0.2, 0.25) is 5.91 Å². The van der Waals surface area contributed by atoms with Crippen molar-refractivity contribution in [1.29, 1.82) is 0 Å². The number of hydrogen-bond donors (Lipinski definition) is 1. The second-order valence-electron chi connectivity index (χ2n) is 5.83. The normalized spacial score (nSPS) is 16.2. The minimum absolute atomic E-state index is 0.191. The third-order valence-corrected chi connectivity index (χ3v) is 4.10. The van der Waals surface area contributed by atoms with Gasteiger partial charge >= 0.3 is 0 Å². The zero-order valence-electron chi connectivity index (χ0n) is 13.1. The van der Waals surface area contributed by atoms with E-state index in [4.69, 9.17) is 4.74 Å². The zero-order valence-corrected chi connectivity index (χ0v) is 13.1. The Morgan fingerprint density at radius 1 is 1.14 bits per heavy atom. The lowest BCUT2D eigenvalue weighted by molar-refractivity contribution is -0.121. The molecular formula is C18H27NO2. The first-order valence-electron chi connectivity index (χ1n) is 8.29. The van der Waals surface area contributed by atoms with E-state index in [2.05, 4.69) is 5.32 Å². The third-order valence-electron chi connectivity index (χ3n) is 4.10. The number of carbonyl (C=O) groups is 1. The molecular weight excluding hydrogens is 262 g/mol. The number of carbonyl (C=O) groups excluding carboxylic acids is 1. The molecule has 1 aromatic carbocycles. The molecule has 1 fully saturated rings. The van der Waals surface area contributed by atoms with Crippen LogP contribution >= 0.6 is 0 Å². The van der Waals surface area contributed by atoms with Crippen LogP contribution < -0.4 is 10.1 Å². The molecule has 3 nitrogen and oxygen atoms in total. The molecule has 1 saturated carbocycles. The lowest BCUT2D eigenvalue weighted by Crippen LogP contribution is -2.34. The van der Waals surface area contributed by atoms with E-state index in [0.29, 0.717) is 19.1 Å². The van der Waals surface area contributed by atoms with E-state index in [-0.39, 0.29) is 5.91 Å². The molecule has 1 aromatic rings. The molecule has 0 heterocycles. The van der Waals surface area contributed by atoms with E-state index < -0.39 is 0 Å². The summed E-state index contributed by atoms with van der Waals surface area (Å²) in [6.45, 7) is 2.66. The molecule has 0 radical (unpaired) electrons. The fraction of sp³-hybridized carbons (Fsp3) is 0.611. The number of ether oxygens (including phenoxy) is 1. The van der Waals surface area contributed by atoms with E-state index >= 15 is 0 Å². The van der Waals surface area contributed by atoms with Gasteiger partial charge in [0.25, 0.3) is 0 Å². The molecule has 1 amide bonds. The van der Waals surface area contributed by atoms with Gasteiger partial charge in [-0.05, 0) is 43.9 Å². The number of hydrogen-bond acceptors (Lipinski definition) is 2. The van der Waals surface area contributed by atoms with Gasteiger partial charge in [0.05, 0.1) is 6.61 Å². The molecule has 0 bridgehead atoms. The van der Waals surface area contributed by atoms with Gasteiger partial charge in [-0.25, -0.2) is 0 Å². The summed E-state index contributed by atoms with van der Waals surface area (Å²) >= 11 is 0. The zero-order chi connectivity index (χ0) is 14.9. The SMILES string of the molecule is CCOc1ccc(CCC(=O)NC2CCCCCC2)cc1. The summed E-state index contributed by atoms with van der Waals surface area (Å²) in [5, 5.41) is 3.20. The van der Waals surface area contributed by atoms with Crippen LogP contribution in [0, 0.1) is 0 Å². The van der Waals surface area contributed by atoms with Gasteiger partial charge in [-0.1, -0.05) is 37.8 Å². The Balaban J connectivity index is 1.72. The van der Waals surface area contributed by atoms with Crippen LogP contribution in [0.4, 0.5) is 0 Å². The number of amides is 1. The first kappa shape index (κ1) is 15.9. The average Bonchev–Trinajstić information content (AvgIpc) is 2.75. The number of aryl methyl sites for hydroxylation is 1. The quantitative estimate of drug-likeness (QED) is 0.808. The van der Waals surface area contributed by atoms with Gasteiger partial charge < -0.3 is 10.1 Å². The topological polar surface area (TPSA) is 38.3 Å². The first-order chi connectivity index (χ1) is 10.3. The summed E-state index contributed by atoms with van der Waals surface area (Å²) in [4.78, 5) is 12.0. The summed E-state index contributed by atoms with van der Waals surface area (Å²) in [6, 6.07) is 8.44. The predicted molar refractivity (Wildman–Crippen MR) is 85.6 cm³/mol. The third kappa shape index (κ3) is 5.78. The molecule has 0 saturated heterocycles. The van der Waals surface area contributed by atoms with Crippen LogP contribution in [0.25, 0.3) is 0 Å². The molecule has 0 spiro atoms. The molecule has 0 aromatic heterocycles. The van der Waals surface area contributed by atoms with Crippen molar-refractivity contribution in [2.24, 2.45) is 0 Å². The molecule has 3 heteroatoms.